The lowest BCUT2D eigenvalue weighted by Crippen LogP contribution is -2.59. The van der Waals surface area contributed by atoms with E-state index in [0.717, 1.165) is 0 Å². The van der Waals surface area contributed by atoms with Crippen LogP contribution in [0.1, 0.15) is 11.1 Å². The topological polar surface area (TPSA) is 155 Å². The summed E-state index contributed by atoms with van der Waals surface area (Å²) in [6.45, 7) is -0.606. The van der Waals surface area contributed by atoms with E-state index in [-0.39, 0.29) is 17.9 Å². The fourth-order valence-corrected chi connectivity index (χ4v) is 3.98. The minimum absolute atomic E-state index is 0.0293. The Bertz CT molecular complexity index is 1050. The number of hydrogen-bond donors (Lipinski definition) is 5. The fourth-order valence-electron chi connectivity index (χ4n) is 3.98. The van der Waals surface area contributed by atoms with Gasteiger partial charge in [-0.15, -0.1) is 0 Å². The molecular weight excluding hydrogens is 448 g/mol. The number of ether oxygens (including phenoxy) is 4. The van der Waals surface area contributed by atoms with Crippen LogP contribution >= 0.6 is 0 Å². The van der Waals surface area contributed by atoms with E-state index in [4.69, 9.17) is 18.9 Å². The van der Waals surface area contributed by atoms with Crippen LogP contribution in [0.4, 0.5) is 0 Å². The molecule has 1 fully saturated rings. The van der Waals surface area contributed by atoms with Crippen molar-refractivity contribution in [3.8, 4) is 17.2 Å². The van der Waals surface area contributed by atoms with E-state index in [0.29, 0.717) is 22.4 Å². The number of aromatic hydroxyl groups is 1. The Morgan fingerprint density at radius 3 is 2.44 bits per heavy atom. The molecule has 0 spiro atoms. The van der Waals surface area contributed by atoms with Crippen LogP contribution in [0.25, 0.3) is 5.57 Å². The van der Waals surface area contributed by atoms with Crippen LogP contribution in [0.15, 0.2) is 48.5 Å². The second-order valence-electron chi connectivity index (χ2n) is 8.07. The number of benzene rings is 2. The van der Waals surface area contributed by atoms with E-state index >= 15 is 0 Å². The molecule has 4 rings (SSSR count). The van der Waals surface area contributed by atoms with Gasteiger partial charge in [0.2, 0.25) is 0 Å². The van der Waals surface area contributed by atoms with E-state index in [9.17, 15) is 30.3 Å². The van der Waals surface area contributed by atoms with Gasteiger partial charge in [-0.25, -0.2) is 4.79 Å². The highest BCUT2D eigenvalue weighted by molar-refractivity contribution is 5.94. The van der Waals surface area contributed by atoms with Crippen LogP contribution in [0, 0.1) is 0 Å². The number of aliphatic hydroxyl groups is 4. The molecule has 2 aliphatic rings. The van der Waals surface area contributed by atoms with Gasteiger partial charge >= 0.3 is 5.97 Å². The second-order valence-corrected chi connectivity index (χ2v) is 8.07. The Labute approximate surface area is 195 Å². The highest BCUT2D eigenvalue weighted by Crippen LogP contribution is 2.35. The van der Waals surface area contributed by atoms with Crippen molar-refractivity contribution in [1.82, 2.24) is 0 Å². The third kappa shape index (κ3) is 4.92. The highest BCUT2D eigenvalue weighted by atomic mass is 16.7. The average Bonchev–Trinajstić information content (AvgIpc) is 2.83. The zero-order valence-electron chi connectivity index (χ0n) is 18.3. The molecule has 10 nitrogen and oxygen atoms in total. The molecule has 2 aromatic rings. The van der Waals surface area contributed by atoms with Crippen LogP contribution < -0.4 is 9.47 Å². The number of fused-ring (bicyclic) bond motifs is 1. The van der Waals surface area contributed by atoms with Gasteiger partial charge in [-0.1, -0.05) is 18.2 Å². The molecule has 0 radical (unpaired) electrons. The zero-order chi connectivity index (χ0) is 24.4. The molecule has 0 unspecified atom stereocenters. The summed E-state index contributed by atoms with van der Waals surface area (Å²) in [6, 6.07) is 11.1. The molecule has 182 valence electrons. The Hall–Kier alpha value is -2.99. The van der Waals surface area contributed by atoms with Crippen LogP contribution in [0.5, 0.6) is 17.2 Å². The minimum Gasteiger partial charge on any atom is -0.508 e. The van der Waals surface area contributed by atoms with Crippen LogP contribution in [0.2, 0.25) is 0 Å². The number of rotatable bonds is 5. The standard InChI is InChI=1S/C24H26O10/c1-31-15-7-4-13-8-18(33-24-23(30)22(29)21(28)19(11-25)34-24)16(10-20(27)32-17(13)9-15)12-2-5-14(26)6-3-12/h2-7,9-10,18-19,21-26,28-30H,8,11H2,1H3/b16-10-/t18-,19+,21+,22-,23+,24+/m0/s1. The molecule has 2 aliphatic heterocycles. The maximum Gasteiger partial charge on any atom is 0.336 e. The number of methoxy groups -OCH3 is 1. The summed E-state index contributed by atoms with van der Waals surface area (Å²) in [5.74, 6) is 0.107. The van der Waals surface area contributed by atoms with Gasteiger partial charge in [0.1, 0.15) is 41.7 Å². The SMILES string of the molecule is COc1ccc2c(c1)OC(=O)/C=C(/c1ccc(O)cc1)[C@@H](O[C@@H]1O[C@H](CO)[C@@H](O)[C@H](O)[C@H]1O)C2. The number of hydrogen-bond acceptors (Lipinski definition) is 10. The summed E-state index contributed by atoms with van der Waals surface area (Å²) in [7, 11) is 1.49. The summed E-state index contributed by atoms with van der Waals surface area (Å²) in [4.78, 5) is 12.7. The van der Waals surface area contributed by atoms with Crippen molar-refractivity contribution >= 4 is 11.5 Å². The first-order chi connectivity index (χ1) is 16.3. The van der Waals surface area contributed by atoms with Gasteiger partial charge in [0.05, 0.1) is 19.8 Å². The first-order valence-electron chi connectivity index (χ1n) is 10.7. The van der Waals surface area contributed by atoms with Gasteiger partial charge in [-0.2, -0.15) is 0 Å². The fraction of sp³-hybridized carbons (Fsp3) is 0.375. The normalized spacial score (nSPS) is 30.9. The summed E-state index contributed by atoms with van der Waals surface area (Å²) in [5, 5.41) is 49.9. The van der Waals surface area contributed by atoms with Gasteiger partial charge in [0, 0.05) is 18.6 Å². The molecule has 6 atom stereocenters. The van der Waals surface area contributed by atoms with Gasteiger partial charge in [0.15, 0.2) is 6.29 Å². The first-order valence-corrected chi connectivity index (χ1v) is 10.7. The molecule has 0 saturated carbocycles. The van der Waals surface area contributed by atoms with Crippen molar-refractivity contribution in [1.29, 1.82) is 0 Å². The molecular formula is C24H26O10. The minimum atomic E-state index is -1.62. The van der Waals surface area contributed by atoms with Crippen molar-refractivity contribution in [2.45, 2.75) is 43.2 Å². The van der Waals surface area contributed by atoms with Crippen molar-refractivity contribution in [2.24, 2.45) is 0 Å². The molecule has 0 aromatic heterocycles. The van der Waals surface area contributed by atoms with Crippen LogP contribution in [-0.4, -0.2) is 82.0 Å². The molecule has 0 amide bonds. The number of carbonyl (C=O) groups is 1. The Kier molecular flexibility index (Phi) is 7.17. The molecule has 10 heteroatoms. The molecule has 0 bridgehead atoms. The lowest BCUT2D eigenvalue weighted by molar-refractivity contribution is -0.306. The van der Waals surface area contributed by atoms with E-state index in [1.165, 1.54) is 25.3 Å². The quantitative estimate of drug-likeness (QED) is 0.298. The van der Waals surface area contributed by atoms with E-state index in [1.807, 2.05) is 0 Å². The third-order valence-electron chi connectivity index (χ3n) is 5.86. The molecule has 1 saturated heterocycles. The predicted molar refractivity (Wildman–Crippen MR) is 117 cm³/mol. The van der Waals surface area contributed by atoms with Gasteiger partial charge < -0.3 is 44.5 Å². The largest absolute Gasteiger partial charge is 0.508 e. The number of carbonyl (C=O) groups excluding carboxylic acids is 1. The zero-order valence-corrected chi connectivity index (χ0v) is 18.3. The maximum atomic E-state index is 12.7. The van der Waals surface area contributed by atoms with Crippen LogP contribution in [0.3, 0.4) is 0 Å². The molecule has 2 aromatic carbocycles. The summed E-state index contributed by atoms with van der Waals surface area (Å²) >= 11 is 0. The summed E-state index contributed by atoms with van der Waals surface area (Å²) in [6.07, 6.45) is -6.81. The predicted octanol–water partition coefficient (Wildman–Crippen LogP) is 0.131. The smallest absolute Gasteiger partial charge is 0.336 e. The first kappa shape index (κ1) is 24.1. The second kappa shape index (κ2) is 10.1. The molecule has 5 N–H and O–H groups in total. The summed E-state index contributed by atoms with van der Waals surface area (Å²) < 4.78 is 22.3. The van der Waals surface area contributed by atoms with Gasteiger partial charge in [-0.3, -0.25) is 0 Å². The number of esters is 1. The van der Waals surface area contributed by atoms with Crippen molar-refractivity contribution in [2.75, 3.05) is 13.7 Å². The number of aliphatic hydroxyl groups excluding tert-OH is 4. The van der Waals surface area contributed by atoms with Crippen molar-refractivity contribution in [3.05, 3.63) is 59.7 Å². The average molecular weight is 474 g/mol. The van der Waals surface area contributed by atoms with Gasteiger partial charge in [0.25, 0.3) is 0 Å². The molecule has 0 aliphatic carbocycles. The Morgan fingerprint density at radius 1 is 1.03 bits per heavy atom. The lowest BCUT2D eigenvalue weighted by Gasteiger charge is -2.41. The van der Waals surface area contributed by atoms with E-state index in [1.54, 1.807) is 30.3 Å². The highest BCUT2D eigenvalue weighted by Gasteiger charge is 2.45. The van der Waals surface area contributed by atoms with Crippen LogP contribution in [-0.2, 0) is 20.7 Å². The number of phenols is 1. The molecule has 34 heavy (non-hydrogen) atoms. The van der Waals surface area contributed by atoms with E-state index in [2.05, 4.69) is 0 Å². The lowest BCUT2D eigenvalue weighted by atomic mass is 9.93. The number of phenolic OH excluding ortho intramolecular Hbond substituents is 1. The molecule has 2 heterocycles. The Morgan fingerprint density at radius 2 is 1.76 bits per heavy atom. The monoisotopic (exact) mass is 474 g/mol. The van der Waals surface area contributed by atoms with Crippen molar-refractivity contribution in [3.63, 3.8) is 0 Å². The van der Waals surface area contributed by atoms with Gasteiger partial charge in [-0.05, 0) is 34.9 Å². The maximum absolute atomic E-state index is 12.7. The summed E-state index contributed by atoms with van der Waals surface area (Å²) in [5.41, 5.74) is 1.53. The van der Waals surface area contributed by atoms with E-state index < -0.39 is 49.4 Å². The Balaban J connectivity index is 1.73. The third-order valence-corrected chi connectivity index (χ3v) is 5.86. The van der Waals surface area contributed by atoms with Crippen molar-refractivity contribution < 1.29 is 49.3 Å².